The van der Waals surface area contributed by atoms with E-state index >= 15 is 0 Å². The van der Waals surface area contributed by atoms with Crippen molar-refractivity contribution < 1.29 is 4.74 Å². The van der Waals surface area contributed by atoms with E-state index in [1.807, 2.05) is 6.92 Å². The highest BCUT2D eigenvalue weighted by atomic mass is 127. The van der Waals surface area contributed by atoms with Crippen LogP contribution in [0, 0.1) is 0 Å². The Morgan fingerprint density at radius 1 is 1.12 bits per heavy atom. The predicted molar refractivity (Wildman–Crippen MR) is 85.4 cm³/mol. The Hall–Kier alpha value is -0.0400. The second-order valence-electron chi connectivity index (χ2n) is 3.59. The monoisotopic (exact) mass is 357 g/mol. The maximum atomic E-state index is 5.26. The van der Waals surface area contributed by atoms with Gasteiger partial charge >= 0.3 is 0 Å². The average molecular weight is 357 g/mol. The van der Waals surface area contributed by atoms with E-state index in [-0.39, 0.29) is 24.0 Å². The van der Waals surface area contributed by atoms with E-state index in [1.165, 1.54) is 12.8 Å². The van der Waals surface area contributed by atoms with Crippen LogP contribution in [0.25, 0.3) is 0 Å². The Kier molecular flexibility index (Phi) is 18.1. The van der Waals surface area contributed by atoms with E-state index in [2.05, 4.69) is 29.5 Å². The van der Waals surface area contributed by atoms with Crippen LogP contribution >= 0.6 is 24.0 Å². The molecule has 0 aliphatic rings. The molecule has 17 heavy (non-hydrogen) atoms. The summed E-state index contributed by atoms with van der Waals surface area (Å²) in [7, 11) is 0. The summed E-state index contributed by atoms with van der Waals surface area (Å²) < 4.78 is 5.26. The number of hydrogen-bond donors (Lipinski definition) is 2. The molecule has 4 nitrogen and oxygen atoms in total. The van der Waals surface area contributed by atoms with Crippen LogP contribution in [0.1, 0.15) is 40.0 Å². The van der Waals surface area contributed by atoms with Gasteiger partial charge in [-0.2, -0.15) is 0 Å². The third kappa shape index (κ3) is 13.9. The fourth-order valence-corrected chi connectivity index (χ4v) is 1.23. The third-order valence-corrected chi connectivity index (χ3v) is 2.09. The highest BCUT2D eigenvalue weighted by Crippen LogP contribution is 1.86. The number of aliphatic imine (C=N–C) groups is 1. The van der Waals surface area contributed by atoms with Crippen LogP contribution in [0.3, 0.4) is 0 Å². The fraction of sp³-hybridized carbons (Fsp3) is 0.917. The molecule has 0 aromatic heterocycles. The molecule has 0 rings (SSSR count). The van der Waals surface area contributed by atoms with Gasteiger partial charge in [0.25, 0.3) is 0 Å². The molecule has 0 spiro atoms. The third-order valence-electron chi connectivity index (χ3n) is 2.09. The summed E-state index contributed by atoms with van der Waals surface area (Å²) in [6, 6.07) is 0. The van der Waals surface area contributed by atoms with Gasteiger partial charge in [-0.1, -0.05) is 13.3 Å². The van der Waals surface area contributed by atoms with Gasteiger partial charge in [-0.05, 0) is 26.7 Å². The van der Waals surface area contributed by atoms with E-state index in [1.54, 1.807) is 0 Å². The lowest BCUT2D eigenvalue weighted by Gasteiger charge is -2.10. The molecule has 0 bridgehead atoms. The van der Waals surface area contributed by atoms with Crippen LogP contribution in [0.4, 0.5) is 0 Å². The van der Waals surface area contributed by atoms with Gasteiger partial charge in [-0.3, -0.25) is 4.99 Å². The summed E-state index contributed by atoms with van der Waals surface area (Å²) in [6.45, 7) is 10.6. The molecule has 5 heteroatoms. The minimum absolute atomic E-state index is 0. The molecule has 0 aromatic rings. The van der Waals surface area contributed by atoms with Gasteiger partial charge in [0.05, 0.1) is 0 Å². The van der Waals surface area contributed by atoms with Crippen LogP contribution in [-0.2, 0) is 4.74 Å². The number of nitrogens with one attached hydrogen (secondary N) is 2. The van der Waals surface area contributed by atoms with Crippen molar-refractivity contribution >= 4 is 29.9 Å². The number of unbranched alkanes of at least 4 members (excludes halogenated alkanes) is 1. The second kappa shape index (κ2) is 16.0. The molecular formula is C12H28IN3O. The molecule has 104 valence electrons. The van der Waals surface area contributed by atoms with Crippen molar-refractivity contribution in [1.29, 1.82) is 0 Å². The Morgan fingerprint density at radius 2 is 1.88 bits per heavy atom. The molecule has 0 heterocycles. The lowest BCUT2D eigenvalue weighted by Crippen LogP contribution is -2.37. The lowest BCUT2D eigenvalue weighted by molar-refractivity contribution is 0.146. The number of nitrogens with zero attached hydrogens (tertiary/aromatic N) is 1. The molecule has 0 aromatic carbocycles. The van der Waals surface area contributed by atoms with E-state index in [9.17, 15) is 0 Å². The summed E-state index contributed by atoms with van der Waals surface area (Å²) in [6.07, 6.45) is 3.37. The number of guanidine groups is 1. The summed E-state index contributed by atoms with van der Waals surface area (Å²) in [4.78, 5) is 4.47. The van der Waals surface area contributed by atoms with Gasteiger partial charge in [0.15, 0.2) is 5.96 Å². The summed E-state index contributed by atoms with van der Waals surface area (Å²) in [5, 5.41) is 6.54. The molecule has 0 aliphatic carbocycles. The van der Waals surface area contributed by atoms with Crippen molar-refractivity contribution in [3.05, 3.63) is 0 Å². The maximum Gasteiger partial charge on any atom is 0.191 e. The first kappa shape index (κ1) is 19.3. The van der Waals surface area contributed by atoms with Crippen LogP contribution < -0.4 is 10.6 Å². The Labute approximate surface area is 123 Å². The van der Waals surface area contributed by atoms with Crippen molar-refractivity contribution in [1.82, 2.24) is 10.6 Å². The van der Waals surface area contributed by atoms with Crippen LogP contribution in [0.5, 0.6) is 0 Å². The minimum atomic E-state index is 0. The minimum Gasteiger partial charge on any atom is -0.382 e. The topological polar surface area (TPSA) is 45.7 Å². The zero-order chi connectivity index (χ0) is 12.1. The first-order valence-corrected chi connectivity index (χ1v) is 6.45. The molecule has 0 aliphatic heterocycles. The molecule has 0 radical (unpaired) electrons. The van der Waals surface area contributed by atoms with Crippen molar-refractivity contribution in [3.8, 4) is 0 Å². The van der Waals surface area contributed by atoms with Gasteiger partial charge in [0.1, 0.15) is 0 Å². The molecule has 0 atom stereocenters. The number of rotatable bonds is 9. The predicted octanol–water partition coefficient (Wildman–Crippen LogP) is 2.39. The van der Waals surface area contributed by atoms with Crippen LogP contribution in [0.15, 0.2) is 4.99 Å². The van der Waals surface area contributed by atoms with Gasteiger partial charge in [-0.25, -0.2) is 0 Å². The lowest BCUT2D eigenvalue weighted by atomic mass is 10.3. The Bertz CT molecular complexity index is 177. The number of ether oxygens (including phenoxy) is 1. The Balaban J connectivity index is 0. The second-order valence-corrected chi connectivity index (χ2v) is 3.59. The Morgan fingerprint density at radius 3 is 2.47 bits per heavy atom. The highest BCUT2D eigenvalue weighted by Gasteiger charge is 1.95. The van der Waals surface area contributed by atoms with E-state index in [4.69, 9.17) is 4.74 Å². The highest BCUT2D eigenvalue weighted by molar-refractivity contribution is 14.0. The number of hydrogen-bond acceptors (Lipinski definition) is 2. The van der Waals surface area contributed by atoms with E-state index in [0.717, 1.165) is 45.2 Å². The van der Waals surface area contributed by atoms with Gasteiger partial charge in [0.2, 0.25) is 0 Å². The molecule has 0 amide bonds. The molecular weight excluding hydrogens is 329 g/mol. The van der Waals surface area contributed by atoms with Crippen molar-refractivity contribution in [3.63, 3.8) is 0 Å². The molecule has 0 fully saturated rings. The van der Waals surface area contributed by atoms with Crippen LogP contribution in [-0.4, -0.2) is 38.8 Å². The normalized spacial score (nSPS) is 10.9. The van der Waals surface area contributed by atoms with Gasteiger partial charge in [0, 0.05) is 32.8 Å². The number of halogens is 1. The van der Waals surface area contributed by atoms with E-state index in [0.29, 0.717) is 0 Å². The zero-order valence-corrected chi connectivity index (χ0v) is 13.8. The van der Waals surface area contributed by atoms with Crippen molar-refractivity contribution in [2.45, 2.75) is 40.0 Å². The summed E-state index contributed by atoms with van der Waals surface area (Å²) in [5.74, 6) is 0.924. The smallest absolute Gasteiger partial charge is 0.191 e. The molecule has 0 saturated heterocycles. The summed E-state index contributed by atoms with van der Waals surface area (Å²) in [5.41, 5.74) is 0. The molecule has 0 saturated carbocycles. The maximum absolute atomic E-state index is 5.26. The fourth-order valence-electron chi connectivity index (χ4n) is 1.23. The SMILES string of the molecule is CCCCNC(=NCCCOCC)NCC.I. The van der Waals surface area contributed by atoms with Crippen LogP contribution in [0.2, 0.25) is 0 Å². The van der Waals surface area contributed by atoms with Gasteiger partial charge in [-0.15, -0.1) is 24.0 Å². The largest absolute Gasteiger partial charge is 0.382 e. The van der Waals surface area contributed by atoms with Crippen molar-refractivity contribution in [2.24, 2.45) is 4.99 Å². The van der Waals surface area contributed by atoms with Gasteiger partial charge < -0.3 is 15.4 Å². The summed E-state index contributed by atoms with van der Waals surface area (Å²) >= 11 is 0. The van der Waals surface area contributed by atoms with Crippen molar-refractivity contribution in [2.75, 3.05) is 32.8 Å². The average Bonchev–Trinajstić information content (AvgIpc) is 2.29. The zero-order valence-electron chi connectivity index (χ0n) is 11.4. The first-order valence-electron chi connectivity index (χ1n) is 6.45. The quantitative estimate of drug-likeness (QED) is 0.288. The first-order chi connectivity index (χ1) is 7.85. The van der Waals surface area contributed by atoms with E-state index < -0.39 is 0 Å². The molecule has 0 unspecified atom stereocenters. The molecule has 2 N–H and O–H groups in total. The standard InChI is InChI=1S/C12H27N3O.HI/c1-4-7-9-14-12(13-5-2)15-10-8-11-16-6-3;/h4-11H2,1-3H3,(H2,13,14,15);1H.